The predicted octanol–water partition coefficient (Wildman–Crippen LogP) is 2.43. The van der Waals surface area contributed by atoms with Gasteiger partial charge in [-0.3, -0.25) is 4.68 Å². The zero-order valence-electron chi connectivity index (χ0n) is 8.90. The van der Waals surface area contributed by atoms with E-state index in [4.69, 9.17) is 4.74 Å². The summed E-state index contributed by atoms with van der Waals surface area (Å²) in [7, 11) is 0. The molecule has 14 heavy (non-hydrogen) atoms. The van der Waals surface area contributed by atoms with Crippen LogP contribution in [0.3, 0.4) is 0 Å². The van der Waals surface area contributed by atoms with Crippen molar-refractivity contribution in [1.29, 1.82) is 0 Å². The number of thioether (sulfide) groups is 1. The molecule has 0 aliphatic rings. The lowest BCUT2D eigenvalue weighted by molar-refractivity contribution is 0.343. The SMILES string of the molecule is CCCn1cc(OCCSCC)cn1. The minimum absolute atomic E-state index is 0.774. The summed E-state index contributed by atoms with van der Waals surface area (Å²) < 4.78 is 7.45. The van der Waals surface area contributed by atoms with Gasteiger partial charge in [0.15, 0.2) is 5.75 Å². The van der Waals surface area contributed by atoms with Crippen LogP contribution in [0.4, 0.5) is 0 Å². The number of ether oxygens (including phenoxy) is 1. The summed E-state index contributed by atoms with van der Waals surface area (Å²) in [5, 5.41) is 4.19. The molecule has 0 atom stereocenters. The summed E-state index contributed by atoms with van der Waals surface area (Å²) in [5.74, 6) is 3.09. The maximum absolute atomic E-state index is 5.53. The van der Waals surface area contributed by atoms with Crippen LogP contribution in [0.5, 0.6) is 5.75 Å². The van der Waals surface area contributed by atoms with Gasteiger partial charge >= 0.3 is 0 Å². The molecule has 1 rings (SSSR count). The second-order valence-corrected chi connectivity index (χ2v) is 4.38. The molecule has 0 fully saturated rings. The second-order valence-electron chi connectivity index (χ2n) is 2.98. The van der Waals surface area contributed by atoms with E-state index in [1.54, 1.807) is 6.20 Å². The molecular formula is C10H18N2OS. The van der Waals surface area contributed by atoms with E-state index >= 15 is 0 Å². The lowest BCUT2D eigenvalue weighted by atomic mass is 10.5. The second kappa shape index (κ2) is 6.76. The summed E-state index contributed by atoms with van der Waals surface area (Å²) in [6.45, 7) is 6.04. The molecule has 0 spiro atoms. The fourth-order valence-electron chi connectivity index (χ4n) is 1.13. The topological polar surface area (TPSA) is 27.1 Å². The van der Waals surface area contributed by atoms with E-state index in [2.05, 4.69) is 18.9 Å². The van der Waals surface area contributed by atoms with Crippen LogP contribution < -0.4 is 4.74 Å². The van der Waals surface area contributed by atoms with Crippen LogP contribution in [-0.2, 0) is 6.54 Å². The van der Waals surface area contributed by atoms with Crippen LogP contribution in [0.25, 0.3) is 0 Å². The van der Waals surface area contributed by atoms with Gasteiger partial charge in [0.25, 0.3) is 0 Å². The minimum atomic E-state index is 0.774. The number of hydrogen-bond donors (Lipinski definition) is 0. The van der Waals surface area contributed by atoms with Gasteiger partial charge in [0.1, 0.15) is 0 Å². The lowest BCUT2D eigenvalue weighted by Gasteiger charge is -2.01. The maximum Gasteiger partial charge on any atom is 0.157 e. The van der Waals surface area contributed by atoms with Crippen molar-refractivity contribution in [2.75, 3.05) is 18.1 Å². The Morgan fingerprint density at radius 2 is 2.36 bits per heavy atom. The van der Waals surface area contributed by atoms with Crippen molar-refractivity contribution in [3.05, 3.63) is 12.4 Å². The van der Waals surface area contributed by atoms with Crippen molar-refractivity contribution < 1.29 is 4.74 Å². The summed E-state index contributed by atoms with van der Waals surface area (Å²) in [4.78, 5) is 0. The quantitative estimate of drug-likeness (QED) is 0.652. The number of nitrogens with zero attached hydrogens (tertiary/aromatic N) is 2. The summed E-state index contributed by atoms with van der Waals surface area (Å²) >= 11 is 1.89. The Kier molecular flexibility index (Phi) is 5.52. The fraction of sp³-hybridized carbons (Fsp3) is 0.700. The first-order valence-corrected chi connectivity index (χ1v) is 6.25. The van der Waals surface area contributed by atoms with E-state index in [0.29, 0.717) is 0 Å². The van der Waals surface area contributed by atoms with Crippen molar-refractivity contribution in [2.45, 2.75) is 26.8 Å². The highest BCUT2D eigenvalue weighted by atomic mass is 32.2. The van der Waals surface area contributed by atoms with E-state index in [9.17, 15) is 0 Å². The van der Waals surface area contributed by atoms with Gasteiger partial charge < -0.3 is 4.74 Å². The molecule has 4 heteroatoms. The molecule has 0 aliphatic heterocycles. The first kappa shape index (κ1) is 11.4. The molecule has 0 bridgehead atoms. The smallest absolute Gasteiger partial charge is 0.157 e. The molecule has 0 aromatic carbocycles. The fourth-order valence-corrected chi connectivity index (χ4v) is 1.62. The molecule has 0 saturated carbocycles. The first-order chi connectivity index (χ1) is 6.86. The van der Waals surface area contributed by atoms with Gasteiger partial charge in [0.05, 0.1) is 19.0 Å². The monoisotopic (exact) mass is 214 g/mol. The standard InChI is InChI=1S/C10H18N2OS/c1-3-5-12-9-10(8-11-12)13-6-7-14-4-2/h8-9H,3-7H2,1-2H3. The first-order valence-electron chi connectivity index (χ1n) is 5.09. The minimum Gasteiger partial charge on any atom is -0.489 e. The number of aryl methyl sites for hydroxylation is 1. The van der Waals surface area contributed by atoms with Gasteiger partial charge in [-0.25, -0.2) is 0 Å². The Labute approximate surface area is 89.8 Å². The molecule has 0 radical (unpaired) electrons. The summed E-state index contributed by atoms with van der Waals surface area (Å²) in [6, 6.07) is 0. The number of aromatic nitrogens is 2. The Hall–Kier alpha value is -0.640. The van der Waals surface area contributed by atoms with E-state index in [-0.39, 0.29) is 0 Å². The molecule has 0 unspecified atom stereocenters. The van der Waals surface area contributed by atoms with Gasteiger partial charge in [-0.2, -0.15) is 16.9 Å². The molecule has 0 amide bonds. The van der Waals surface area contributed by atoms with E-state index < -0.39 is 0 Å². The molecule has 0 N–H and O–H groups in total. The molecule has 0 saturated heterocycles. The summed E-state index contributed by atoms with van der Waals surface area (Å²) in [5.41, 5.74) is 0. The van der Waals surface area contributed by atoms with Crippen LogP contribution >= 0.6 is 11.8 Å². The Morgan fingerprint density at radius 1 is 1.50 bits per heavy atom. The van der Waals surface area contributed by atoms with Crippen LogP contribution in [0.2, 0.25) is 0 Å². The van der Waals surface area contributed by atoms with Gasteiger partial charge in [0, 0.05) is 12.3 Å². The average Bonchev–Trinajstić information content (AvgIpc) is 2.61. The van der Waals surface area contributed by atoms with Crippen molar-refractivity contribution in [2.24, 2.45) is 0 Å². The van der Waals surface area contributed by atoms with Crippen molar-refractivity contribution >= 4 is 11.8 Å². The zero-order chi connectivity index (χ0) is 10.2. The van der Waals surface area contributed by atoms with Crippen molar-refractivity contribution in [1.82, 2.24) is 9.78 Å². The number of rotatable bonds is 7. The molecule has 1 heterocycles. The van der Waals surface area contributed by atoms with E-state index in [1.807, 2.05) is 22.6 Å². The van der Waals surface area contributed by atoms with Crippen LogP contribution in [-0.4, -0.2) is 27.9 Å². The van der Waals surface area contributed by atoms with E-state index in [0.717, 1.165) is 36.8 Å². The molecule has 1 aromatic rings. The summed E-state index contributed by atoms with van der Waals surface area (Å²) in [6.07, 6.45) is 4.85. The highest BCUT2D eigenvalue weighted by Gasteiger charge is 1.97. The maximum atomic E-state index is 5.53. The van der Waals surface area contributed by atoms with Gasteiger partial charge in [-0.05, 0) is 12.2 Å². The van der Waals surface area contributed by atoms with Gasteiger partial charge in [-0.1, -0.05) is 13.8 Å². The molecule has 80 valence electrons. The van der Waals surface area contributed by atoms with Crippen molar-refractivity contribution in [3.8, 4) is 5.75 Å². The van der Waals surface area contributed by atoms with Crippen molar-refractivity contribution in [3.63, 3.8) is 0 Å². The molecule has 1 aromatic heterocycles. The highest BCUT2D eigenvalue weighted by Crippen LogP contribution is 2.09. The molecular weight excluding hydrogens is 196 g/mol. The average molecular weight is 214 g/mol. The third kappa shape index (κ3) is 4.05. The number of hydrogen-bond acceptors (Lipinski definition) is 3. The zero-order valence-corrected chi connectivity index (χ0v) is 9.72. The third-order valence-corrected chi connectivity index (χ3v) is 2.63. The Morgan fingerprint density at radius 3 is 3.07 bits per heavy atom. The molecule has 0 aliphatic carbocycles. The van der Waals surface area contributed by atoms with Crippen LogP contribution in [0.1, 0.15) is 20.3 Å². The Balaban J connectivity index is 2.22. The van der Waals surface area contributed by atoms with Gasteiger partial charge in [-0.15, -0.1) is 0 Å². The lowest BCUT2D eigenvalue weighted by Crippen LogP contribution is -1.99. The van der Waals surface area contributed by atoms with Crippen LogP contribution in [0.15, 0.2) is 12.4 Å². The van der Waals surface area contributed by atoms with E-state index in [1.165, 1.54) is 0 Å². The van der Waals surface area contributed by atoms with Gasteiger partial charge in [0.2, 0.25) is 0 Å². The Bertz CT molecular complexity index is 250. The highest BCUT2D eigenvalue weighted by molar-refractivity contribution is 7.99. The molecule has 3 nitrogen and oxygen atoms in total. The third-order valence-electron chi connectivity index (χ3n) is 1.76. The predicted molar refractivity (Wildman–Crippen MR) is 61.0 cm³/mol. The normalized spacial score (nSPS) is 10.4. The largest absolute Gasteiger partial charge is 0.489 e. The van der Waals surface area contributed by atoms with Crippen LogP contribution in [0, 0.1) is 0 Å².